The molecule has 5 heteroatoms. The van der Waals surface area contributed by atoms with Gasteiger partial charge < -0.3 is 10.2 Å². The first kappa shape index (κ1) is 13.9. The van der Waals surface area contributed by atoms with E-state index in [2.05, 4.69) is 5.32 Å². The fraction of sp³-hybridized carbons (Fsp3) is 0.500. The third-order valence-corrected chi connectivity index (χ3v) is 3.52. The SMILES string of the molecule is CN(C(=O)c1cc(F)cc(F)c1)C1CCCNCC1. The first-order chi connectivity index (χ1) is 9.08. The minimum absolute atomic E-state index is 0.0669. The van der Waals surface area contributed by atoms with Crippen molar-refractivity contribution in [2.75, 3.05) is 20.1 Å². The number of nitrogens with one attached hydrogen (secondary N) is 1. The van der Waals surface area contributed by atoms with E-state index in [1.807, 2.05) is 0 Å². The Bertz CT molecular complexity index is 437. The van der Waals surface area contributed by atoms with E-state index in [0.29, 0.717) is 0 Å². The highest BCUT2D eigenvalue weighted by Gasteiger charge is 2.22. The molecule has 0 saturated carbocycles. The van der Waals surface area contributed by atoms with Crippen molar-refractivity contribution in [1.29, 1.82) is 0 Å². The summed E-state index contributed by atoms with van der Waals surface area (Å²) in [5, 5.41) is 3.27. The number of nitrogens with zero attached hydrogens (tertiary/aromatic N) is 1. The van der Waals surface area contributed by atoms with Crippen molar-refractivity contribution in [2.24, 2.45) is 0 Å². The highest BCUT2D eigenvalue weighted by molar-refractivity contribution is 5.94. The second-order valence-corrected chi connectivity index (χ2v) is 4.91. The lowest BCUT2D eigenvalue weighted by Gasteiger charge is -2.27. The zero-order chi connectivity index (χ0) is 13.8. The molecule has 0 aliphatic carbocycles. The van der Waals surface area contributed by atoms with Crippen LogP contribution in [0.1, 0.15) is 29.6 Å². The molecule has 1 amide bonds. The number of carbonyl (C=O) groups excluding carboxylic acids is 1. The smallest absolute Gasteiger partial charge is 0.254 e. The van der Waals surface area contributed by atoms with E-state index in [-0.39, 0.29) is 17.5 Å². The molecule has 1 saturated heterocycles. The van der Waals surface area contributed by atoms with Crippen molar-refractivity contribution in [3.05, 3.63) is 35.4 Å². The van der Waals surface area contributed by atoms with Crippen LogP contribution in [0.15, 0.2) is 18.2 Å². The zero-order valence-corrected chi connectivity index (χ0v) is 11.0. The quantitative estimate of drug-likeness (QED) is 0.891. The third-order valence-electron chi connectivity index (χ3n) is 3.52. The lowest BCUT2D eigenvalue weighted by atomic mass is 10.1. The number of halogens is 2. The Morgan fingerprint density at radius 2 is 1.89 bits per heavy atom. The van der Waals surface area contributed by atoms with Gasteiger partial charge in [0.15, 0.2) is 0 Å². The summed E-state index contributed by atoms with van der Waals surface area (Å²) in [5.74, 6) is -1.77. The number of carbonyl (C=O) groups is 1. The highest BCUT2D eigenvalue weighted by Crippen LogP contribution is 2.16. The van der Waals surface area contributed by atoms with Crippen LogP contribution in [0, 0.1) is 11.6 Å². The van der Waals surface area contributed by atoms with Gasteiger partial charge >= 0.3 is 0 Å². The lowest BCUT2D eigenvalue weighted by molar-refractivity contribution is 0.0719. The Kier molecular flexibility index (Phi) is 4.47. The summed E-state index contributed by atoms with van der Waals surface area (Å²) in [7, 11) is 1.70. The van der Waals surface area contributed by atoms with Crippen molar-refractivity contribution in [2.45, 2.75) is 25.3 Å². The minimum Gasteiger partial charge on any atom is -0.339 e. The molecule has 0 aromatic heterocycles. The average Bonchev–Trinajstić information content (AvgIpc) is 2.64. The second-order valence-electron chi connectivity index (χ2n) is 4.91. The van der Waals surface area contributed by atoms with Crippen molar-refractivity contribution >= 4 is 5.91 Å². The van der Waals surface area contributed by atoms with Crippen molar-refractivity contribution in [3.8, 4) is 0 Å². The Morgan fingerprint density at radius 3 is 2.58 bits per heavy atom. The Labute approximate surface area is 111 Å². The third kappa shape index (κ3) is 3.50. The summed E-state index contributed by atoms with van der Waals surface area (Å²) >= 11 is 0. The number of benzene rings is 1. The topological polar surface area (TPSA) is 32.3 Å². The number of hydrogen-bond donors (Lipinski definition) is 1. The summed E-state index contributed by atoms with van der Waals surface area (Å²) in [4.78, 5) is 13.8. The summed E-state index contributed by atoms with van der Waals surface area (Å²) in [6.07, 6.45) is 2.77. The van der Waals surface area contributed by atoms with Crippen LogP contribution in [0.5, 0.6) is 0 Å². The number of rotatable bonds is 2. The van der Waals surface area contributed by atoms with Crippen LogP contribution in [0.25, 0.3) is 0 Å². The van der Waals surface area contributed by atoms with Gasteiger partial charge in [-0.25, -0.2) is 8.78 Å². The van der Waals surface area contributed by atoms with Gasteiger partial charge in [0.1, 0.15) is 11.6 Å². The van der Waals surface area contributed by atoms with Crippen LogP contribution in [0.3, 0.4) is 0 Å². The lowest BCUT2D eigenvalue weighted by Crippen LogP contribution is -2.37. The van der Waals surface area contributed by atoms with E-state index < -0.39 is 11.6 Å². The molecule has 2 rings (SSSR count). The van der Waals surface area contributed by atoms with Crippen LogP contribution >= 0.6 is 0 Å². The van der Waals surface area contributed by atoms with E-state index in [4.69, 9.17) is 0 Å². The normalized spacial score (nSPS) is 19.8. The van der Waals surface area contributed by atoms with Crippen LogP contribution in [0.4, 0.5) is 8.78 Å². The molecule has 104 valence electrons. The molecule has 1 aromatic rings. The minimum atomic E-state index is -0.723. The fourth-order valence-corrected chi connectivity index (χ4v) is 2.43. The molecule has 1 aliphatic rings. The Balaban J connectivity index is 2.13. The Morgan fingerprint density at radius 1 is 1.21 bits per heavy atom. The van der Waals surface area contributed by atoms with Gasteiger partial charge in [-0.3, -0.25) is 4.79 Å². The van der Waals surface area contributed by atoms with Gasteiger partial charge in [0.2, 0.25) is 0 Å². The summed E-state index contributed by atoms with van der Waals surface area (Å²) in [6, 6.07) is 3.05. The van der Waals surface area contributed by atoms with Gasteiger partial charge in [0.25, 0.3) is 5.91 Å². The van der Waals surface area contributed by atoms with Gasteiger partial charge in [0, 0.05) is 24.7 Å². The van der Waals surface area contributed by atoms with E-state index >= 15 is 0 Å². The zero-order valence-electron chi connectivity index (χ0n) is 11.0. The maximum absolute atomic E-state index is 13.1. The highest BCUT2D eigenvalue weighted by atomic mass is 19.1. The van der Waals surface area contributed by atoms with E-state index in [1.165, 1.54) is 0 Å². The summed E-state index contributed by atoms with van der Waals surface area (Å²) in [6.45, 7) is 1.81. The summed E-state index contributed by atoms with van der Waals surface area (Å²) in [5.41, 5.74) is 0.0669. The van der Waals surface area contributed by atoms with Crippen molar-refractivity contribution < 1.29 is 13.6 Å². The standard InChI is InChI=1S/C14H18F2N2O/c1-18(13-3-2-5-17-6-4-13)14(19)10-7-11(15)9-12(16)8-10/h7-9,13,17H,2-6H2,1H3. The second kappa shape index (κ2) is 6.10. The van der Waals surface area contributed by atoms with E-state index in [0.717, 1.165) is 50.6 Å². The summed E-state index contributed by atoms with van der Waals surface area (Å²) < 4.78 is 26.3. The van der Waals surface area contributed by atoms with Crippen LogP contribution in [-0.4, -0.2) is 37.0 Å². The van der Waals surface area contributed by atoms with Crippen LogP contribution < -0.4 is 5.32 Å². The molecule has 1 atom stereocenters. The monoisotopic (exact) mass is 268 g/mol. The van der Waals surface area contributed by atoms with Crippen LogP contribution in [-0.2, 0) is 0 Å². The average molecular weight is 268 g/mol. The van der Waals surface area contributed by atoms with Gasteiger partial charge in [-0.05, 0) is 44.5 Å². The molecular formula is C14H18F2N2O. The molecule has 1 aliphatic heterocycles. The number of hydrogen-bond acceptors (Lipinski definition) is 2. The van der Waals surface area contributed by atoms with Gasteiger partial charge in [-0.15, -0.1) is 0 Å². The molecule has 1 fully saturated rings. The maximum atomic E-state index is 13.1. The first-order valence-electron chi connectivity index (χ1n) is 6.52. The van der Waals surface area contributed by atoms with Crippen molar-refractivity contribution in [3.63, 3.8) is 0 Å². The first-order valence-corrected chi connectivity index (χ1v) is 6.52. The molecule has 1 heterocycles. The largest absolute Gasteiger partial charge is 0.339 e. The molecule has 3 nitrogen and oxygen atoms in total. The predicted octanol–water partition coefficient (Wildman–Crippen LogP) is 2.18. The molecule has 0 bridgehead atoms. The van der Waals surface area contributed by atoms with Gasteiger partial charge in [0.05, 0.1) is 0 Å². The molecule has 0 radical (unpaired) electrons. The van der Waals surface area contributed by atoms with Gasteiger partial charge in [-0.2, -0.15) is 0 Å². The molecule has 1 N–H and O–H groups in total. The van der Waals surface area contributed by atoms with Crippen molar-refractivity contribution in [1.82, 2.24) is 10.2 Å². The maximum Gasteiger partial charge on any atom is 0.254 e. The molecule has 1 unspecified atom stereocenters. The Hall–Kier alpha value is -1.49. The van der Waals surface area contributed by atoms with E-state index in [1.54, 1.807) is 11.9 Å². The molecule has 19 heavy (non-hydrogen) atoms. The predicted molar refractivity (Wildman–Crippen MR) is 69.0 cm³/mol. The fourth-order valence-electron chi connectivity index (χ4n) is 2.43. The molecular weight excluding hydrogens is 250 g/mol. The van der Waals surface area contributed by atoms with Crippen LogP contribution in [0.2, 0.25) is 0 Å². The molecule has 0 spiro atoms. The van der Waals surface area contributed by atoms with E-state index in [9.17, 15) is 13.6 Å². The van der Waals surface area contributed by atoms with Gasteiger partial charge in [-0.1, -0.05) is 0 Å². The number of amides is 1. The molecule has 1 aromatic carbocycles.